The maximum absolute atomic E-state index is 13.3. The van der Waals surface area contributed by atoms with E-state index in [0.29, 0.717) is 22.8 Å². The van der Waals surface area contributed by atoms with E-state index in [-0.39, 0.29) is 17.2 Å². The number of benzene rings is 3. The molecule has 0 spiro atoms. The van der Waals surface area contributed by atoms with Gasteiger partial charge in [-0.15, -0.1) is 0 Å². The fourth-order valence-corrected chi connectivity index (χ4v) is 4.41. The fraction of sp³-hybridized carbons (Fsp3) is 0.179. The van der Waals surface area contributed by atoms with Gasteiger partial charge in [-0.3, -0.25) is 14.5 Å². The number of rotatable bonds is 4. The molecular formula is C28H24N2O4. The number of fused-ring (bicyclic) bond motifs is 1. The molecule has 0 unspecified atom stereocenters. The number of Topliss-reactive ketones (excluding diaryl/α,β-unsaturated/α-hetero) is 1. The number of carbonyl (C=O) groups is 2. The fourth-order valence-electron chi connectivity index (χ4n) is 4.41. The van der Waals surface area contributed by atoms with Gasteiger partial charge in [0.25, 0.3) is 5.78 Å². The van der Waals surface area contributed by atoms with E-state index >= 15 is 0 Å². The predicted molar refractivity (Wildman–Crippen MR) is 131 cm³/mol. The summed E-state index contributed by atoms with van der Waals surface area (Å²) in [6, 6.07) is 21.7. The van der Waals surface area contributed by atoms with Gasteiger partial charge in [-0.05, 0) is 40.8 Å². The highest BCUT2D eigenvalue weighted by Crippen LogP contribution is 2.42. The van der Waals surface area contributed by atoms with Crippen LogP contribution in [0.25, 0.3) is 16.5 Å². The number of hydrogen-bond acceptors (Lipinski definition) is 5. The standard InChI is InChI=1S/C28H24N2O4/c1-16(2)18-8-11-20(12-9-18)25-24(27(32)28(33)30(25)23-14-17(3)34-29-23)26(31)22-13-10-19-6-4-5-7-21(19)15-22/h4-16,25,31H,1-3H3/b26-24+/t25-/m1/s1. The first-order chi connectivity index (χ1) is 16.3. The lowest BCUT2D eigenvalue weighted by molar-refractivity contribution is -0.132. The third-order valence-electron chi connectivity index (χ3n) is 6.25. The molecule has 3 aromatic carbocycles. The van der Waals surface area contributed by atoms with E-state index in [4.69, 9.17) is 4.52 Å². The van der Waals surface area contributed by atoms with Gasteiger partial charge in [0.1, 0.15) is 11.5 Å². The van der Waals surface area contributed by atoms with Gasteiger partial charge >= 0.3 is 5.91 Å². The molecule has 0 radical (unpaired) electrons. The Kier molecular flexibility index (Phi) is 5.28. The van der Waals surface area contributed by atoms with Crippen LogP contribution in [-0.2, 0) is 9.59 Å². The van der Waals surface area contributed by atoms with Gasteiger partial charge in [0, 0.05) is 11.6 Å². The van der Waals surface area contributed by atoms with E-state index in [1.54, 1.807) is 19.1 Å². The zero-order chi connectivity index (χ0) is 24.0. The minimum atomic E-state index is -0.836. The topological polar surface area (TPSA) is 83.6 Å². The average molecular weight is 453 g/mol. The van der Waals surface area contributed by atoms with E-state index in [2.05, 4.69) is 19.0 Å². The second-order valence-corrected chi connectivity index (χ2v) is 8.85. The molecule has 1 N–H and O–H groups in total. The predicted octanol–water partition coefficient (Wildman–Crippen LogP) is 5.89. The van der Waals surface area contributed by atoms with Crippen LogP contribution in [0.4, 0.5) is 5.82 Å². The minimum absolute atomic E-state index is 0.0261. The first kappa shape index (κ1) is 21.6. The van der Waals surface area contributed by atoms with Crippen LogP contribution in [0.3, 0.4) is 0 Å². The van der Waals surface area contributed by atoms with Crippen molar-refractivity contribution in [1.82, 2.24) is 5.16 Å². The number of aromatic nitrogens is 1. The number of carbonyl (C=O) groups excluding carboxylic acids is 2. The molecule has 0 aliphatic carbocycles. The van der Waals surface area contributed by atoms with Crippen LogP contribution in [0, 0.1) is 6.92 Å². The number of anilines is 1. The molecule has 1 aliphatic heterocycles. The van der Waals surface area contributed by atoms with Crippen molar-refractivity contribution in [2.24, 2.45) is 0 Å². The number of aliphatic hydroxyl groups is 1. The summed E-state index contributed by atoms with van der Waals surface area (Å²) in [5.74, 6) is -0.658. The van der Waals surface area contributed by atoms with E-state index in [1.807, 2.05) is 60.7 Å². The number of ketones is 1. The maximum Gasteiger partial charge on any atom is 0.301 e. The molecule has 1 saturated heterocycles. The lowest BCUT2D eigenvalue weighted by atomic mass is 9.93. The summed E-state index contributed by atoms with van der Waals surface area (Å²) < 4.78 is 5.19. The Hall–Kier alpha value is -4.19. The molecule has 170 valence electrons. The Balaban J connectivity index is 1.70. The van der Waals surface area contributed by atoms with Crippen LogP contribution in [0.15, 0.2) is 82.9 Å². The Bertz CT molecular complexity index is 1450. The highest BCUT2D eigenvalue weighted by atomic mass is 16.5. The largest absolute Gasteiger partial charge is 0.507 e. The van der Waals surface area contributed by atoms with Crippen molar-refractivity contribution in [1.29, 1.82) is 0 Å². The molecule has 34 heavy (non-hydrogen) atoms. The van der Waals surface area contributed by atoms with Crippen LogP contribution >= 0.6 is 0 Å². The van der Waals surface area contributed by atoms with E-state index in [0.717, 1.165) is 16.3 Å². The van der Waals surface area contributed by atoms with Crippen molar-refractivity contribution in [3.05, 3.63) is 101 Å². The molecule has 1 fully saturated rings. The number of aliphatic hydroxyl groups excluding tert-OH is 1. The number of hydrogen-bond donors (Lipinski definition) is 1. The van der Waals surface area contributed by atoms with Gasteiger partial charge in [-0.1, -0.05) is 79.7 Å². The van der Waals surface area contributed by atoms with Crippen LogP contribution in [0.2, 0.25) is 0 Å². The Morgan fingerprint density at radius 1 is 0.971 bits per heavy atom. The van der Waals surface area contributed by atoms with Gasteiger partial charge in [0.2, 0.25) is 0 Å². The highest BCUT2D eigenvalue weighted by Gasteiger charge is 2.48. The van der Waals surface area contributed by atoms with Gasteiger partial charge in [-0.2, -0.15) is 0 Å². The summed E-state index contributed by atoms with van der Waals surface area (Å²) in [6.07, 6.45) is 0. The molecule has 0 bridgehead atoms. The molecule has 6 nitrogen and oxygen atoms in total. The van der Waals surface area contributed by atoms with Crippen LogP contribution < -0.4 is 4.90 Å². The number of amides is 1. The van der Waals surface area contributed by atoms with Gasteiger partial charge in [-0.25, -0.2) is 0 Å². The lowest BCUT2D eigenvalue weighted by Gasteiger charge is -2.23. The van der Waals surface area contributed by atoms with E-state index < -0.39 is 17.7 Å². The third-order valence-corrected chi connectivity index (χ3v) is 6.25. The molecule has 2 heterocycles. The van der Waals surface area contributed by atoms with Crippen molar-refractivity contribution in [3.8, 4) is 0 Å². The first-order valence-corrected chi connectivity index (χ1v) is 11.2. The molecule has 0 saturated carbocycles. The first-order valence-electron chi connectivity index (χ1n) is 11.2. The van der Waals surface area contributed by atoms with Crippen LogP contribution in [-0.4, -0.2) is 22.0 Å². The summed E-state index contributed by atoms with van der Waals surface area (Å²) in [4.78, 5) is 27.7. The van der Waals surface area contributed by atoms with Crippen molar-refractivity contribution >= 4 is 34.0 Å². The van der Waals surface area contributed by atoms with Crippen LogP contribution in [0.1, 0.15) is 48.3 Å². The van der Waals surface area contributed by atoms with E-state index in [9.17, 15) is 14.7 Å². The van der Waals surface area contributed by atoms with Crippen molar-refractivity contribution < 1.29 is 19.2 Å². The monoisotopic (exact) mass is 452 g/mol. The van der Waals surface area contributed by atoms with Crippen molar-refractivity contribution in [2.45, 2.75) is 32.7 Å². The average Bonchev–Trinajstić information content (AvgIpc) is 3.38. The molecule has 1 aromatic heterocycles. The van der Waals surface area contributed by atoms with Crippen molar-refractivity contribution in [3.63, 3.8) is 0 Å². The smallest absolute Gasteiger partial charge is 0.301 e. The molecule has 1 amide bonds. The molecule has 5 rings (SSSR count). The summed E-state index contributed by atoms with van der Waals surface area (Å²) in [6.45, 7) is 5.91. The SMILES string of the molecule is Cc1cc(N2C(=O)C(=O)/C(=C(/O)c3ccc4ccccc4c3)[C@H]2c2ccc(C(C)C)cc2)no1. The Morgan fingerprint density at radius 2 is 1.68 bits per heavy atom. The quantitative estimate of drug-likeness (QED) is 0.237. The van der Waals surface area contributed by atoms with Crippen molar-refractivity contribution in [2.75, 3.05) is 4.90 Å². The maximum atomic E-state index is 13.3. The normalized spacial score (nSPS) is 17.8. The zero-order valence-electron chi connectivity index (χ0n) is 19.1. The summed E-state index contributed by atoms with van der Waals surface area (Å²) in [7, 11) is 0. The van der Waals surface area contributed by atoms with Crippen LogP contribution in [0.5, 0.6) is 0 Å². The second kappa shape index (κ2) is 8.30. The zero-order valence-corrected chi connectivity index (χ0v) is 19.1. The van der Waals surface area contributed by atoms with Gasteiger partial charge in [0.05, 0.1) is 11.6 Å². The highest BCUT2D eigenvalue weighted by molar-refractivity contribution is 6.51. The van der Waals surface area contributed by atoms with E-state index in [1.165, 1.54) is 4.90 Å². The Morgan fingerprint density at radius 3 is 2.32 bits per heavy atom. The summed E-state index contributed by atoms with van der Waals surface area (Å²) in [5, 5.41) is 17.3. The Labute approximate surface area is 197 Å². The van der Waals surface area contributed by atoms with Gasteiger partial charge < -0.3 is 9.63 Å². The molecule has 1 aliphatic rings. The molecule has 4 aromatic rings. The molecular weight excluding hydrogens is 428 g/mol. The van der Waals surface area contributed by atoms with Gasteiger partial charge in [0.15, 0.2) is 5.82 Å². The summed E-state index contributed by atoms with van der Waals surface area (Å²) >= 11 is 0. The minimum Gasteiger partial charge on any atom is -0.507 e. The summed E-state index contributed by atoms with van der Waals surface area (Å²) in [5.41, 5.74) is 2.33. The second-order valence-electron chi connectivity index (χ2n) is 8.85. The molecule has 6 heteroatoms. The molecule has 1 atom stereocenters. The third kappa shape index (κ3) is 3.57. The lowest BCUT2D eigenvalue weighted by Crippen LogP contribution is -2.29. The number of nitrogens with zero attached hydrogens (tertiary/aromatic N) is 2. The number of aryl methyl sites for hydroxylation is 1.